The molecule has 4 rings (SSSR count). The third-order valence-electron chi connectivity index (χ3n) is 7.50. The number of nitrogens with zero attached hydrogens (tertiary/aromatic N) is 5. The molecule has 48 heavy (non-hydrogen) atoms. The number of carbonyl (C=O) groups excluding carboxylic acids is 3. The summed E-state index contributed by atoms with van der Waals surface area (Å²) in [6.07, 6.45) is -3.62. The Labute approximate surface area is 275 Å². The Morgan fingerprint density at radius 1 is 1.21 bits per heavy atom. The number of rotatable bonds is 11. The van der Waals surface area contributed by atoms with Crippen LogP contribution in [0.2, 0.25) is 0 Å². The first-order chi connectivity index (χ1) is 22.6. The number of esters is 1. The second-order valence-corrected chi connectivity index (χ2v) is 13.2. The quantitative estimate of drug-likeness (QED) is 0.114. The lowest BCUT2D eigenvalue weighted by molar-refractivity contribution is -0.406. The number of carbonyl (C=O) groups is 3. The van der Waals surface area contributed by atoms with Crippen LogP contribution in [0.4, 0.5) is 23.7 Å². The smallest absolute Gasteiger partial charge is 0.451 e. The number of ether oxygens (including phenoxy) is 2. The van der Waals surface area contributed by atoms with Crippen LogP contribution in [0.1, 0.15) is 41.6 Å². The van der Waals surface area contributed by atoms with Crippen molar-refractivity contribution in [2.45, 2.75) is 25.6 Å². The third kappa shape index (κ3) is 7.51. The number of halogens is 3. The number of methoxy groups -OCH3 is 1. The second kappa shape index (κ2) is 14.3. The summed E-state index contributed by atoms with van der Waals surface area (Å²) in [4.78, 5) is 42.0. The van der Waals surface area contributed by atoms with Gasteiger partial charge >= 0.3 is 24.1 Å². The van der Waals surface area contributed by atoms with Gasteiger partial charge in [-0.1, -0.05) is 24.0 Å². The first kappa shape index (κ1) is 35.7. The normalized spacial score (nSPS) is 16.1. The van der Waals surface area contributed by atoms with Gasteiger partial charge in [0.1, 0.15) is 27.8 Å². The van der Waals surface area contributed by atoms with Gasteiger partial charge in [0.25, 0.3) is 6.47 Å². The molecule has 1 saturated heterocycles. The van der Waals surface area contributed by atoms with E-state index in [1.54, 1.807) is 11.9 Å². The summed E-state index contributed by atoms with van der Waals surface area (Å²) in [5.41, 5.74) is -0.0954. The van der Waals surface area contributed by atoms with Crippen molar-refractivity contribution in [2.24, 2.45) is 0 Å². The number of sulfone groups is 1. The molecule has 1 unspecified atom stereocenters. The Morgan fingerprint density at radius 2 is 1.94 bits per heavy atom. The molecule has 12 nitrogen and oxygen atoms in total. The maximum atomic E-state index is 13.9. The van der Waals surface area contributed by atoms with Gasteiger partial charge in [-0.15, -0.1) is 0 Å². The number of amides is 2. The molecule has 16 heteroatoms. The Morgan fingerprint density at radius 3 is 2.56 bits per heavy atom. The minimum atomic E-state index is -4.70. The Balaban J connectivity index is 1.95. The van der Waals surface area contributed by atoms with E-state index >= 15 is 0 Å². The molecule has 0 aromatic heterocycles. The highest BCUT2D eigenvalue weighted by Gasteiger charge is 2.61. The largest absolute Gasteiger partial charge is 0.465 e. The zero-order valence-corrected chi connectivity index (χ0v) is 27.2. The molecule has 252 valence electrons. The number of urea groups is 1. The van der Waals surface area contributed by atoms with Gasteiger partial charge < -0.3 is 9.47 Å². The van der Waals surface area contributed by atoms with Crippen molar-refractivity contribution in [3.8, 4) is 17.9 Å². The van der Waals surface area contributed by atoms with E-state index in [1.807, 2.05) is 6.07 Å². The summed E-state index contributed by atoms with van der Waals surface area (Å²) in [6, 6.07) is 9.01. The van der Waals surface area contributed by atoms with Gasteiger partial charge in [0, 0.05) is 17.4 Å². The summed E-state index contributed by atoms with van der Waals surface area (Å²) in [6.45, 7) is 1.79. The van der Waals surface area contributed by atoms with Gasteiger partial charge in [-0.05, 0) is 50.7 Å². The van der Waals surface area contributed by atoms with Crippen molar-refractivity contribution in [3.05, 3.63) is 76.0 Å². The average molecular weight is 687 g/mol. The van der Waals surface area contributed by atoms with Crippen molar-refractivity contribution < 1.29 is 50.0 Å². The third-order valence-corrected chi connectivity index (χ3v) is 8.53. The molecule has 0 N–H and O–H groups in total. The van der Waals surface area contributed by atoms with Gasteiger partial charge in [0.2, 0.25) is 0 Å². The lowest BCUT2D eigenvalue weighted by Crippen LogP contribution is -2.70. The van der Waals surface area contributed by atoms with E-state index in [0.29, 0.717) is 5.56 Å². The van der Waals surface area contributed by atoms with E-state index in [0.717, 1.165) is 25.5 Å². The van der Waals surface area contributed by atoms with E-state index in [-0.39, 0.29) is 72.5 Å². The van der Waals surface area contributed by atoms with E-state index < -0.39 is 39.6 Å². The SMILES string of the molecule is COC(=O)C1=C(C)[N+](c2cccc(C(F)(F)F)c2)=C2N(CCCS(C)(=O)=O)C(=O)N2C1c1ccc(C#N)cc1C#CCN(C)COC=O. The highest BCUT2D eigenvalue weighted by molar-refractivity contribution is 7.90. The first-order valence-electron chi connectivity index (χ1n) is 14.3. The van der Waals surface area contributed by atoms with Crippen LogP contribution in [-0.4, -0.2) is 98.1 Å². The molecule has 1 fully saturated rings. The van der Waals surface area contributed by atoms with E-state index in [9.17, 15) is 41.2 Å². The van der Waals surface area contributed by atoms with Crippen LogP contribution in [0.25, 0.3) is 0 Å². The second-order valence-electron chi connectivity index (χ2n) is 11.0. The Hall–Kier alpha value is -5.19. The monoisotopic (exact) mass is 686 g/mol. The molecule has 0 bridgehead atoms. The van der Waals surface area contributed by atoms with Crippen molar-refractivity contribution >= 4 is 40.0 Å². The van der Waals surface area contributed by atoms with Crippen LogP contribution >= 0.6 is 0 Å². The fourth-order valence-electron chi connectivity index (χ4n) is 5.36. The number of fused-ring (bicyclic) bond motifs is 1. The highest BCUT2D eigenvalue weighted by Crippen LogP contribution is 2.44. The number of allylic oxidation sites excluding steroid dienone is 1. The highest BCUT2D eigenvalue weighted by atomic mass is 32.2. The van der Waals surface area contributed by atoms with Gasteiger partial charge in [-0.2, -0.15) is 28.2 Å². The minimum absolute atomic E-state index is 0.0109. The molecule has 0 saturated carbocycles. The zero-order chi connectivity index (χ0) is 35.4. The lowest BCUT2D eigenvalue weighted by atomic mass is 9.88. The van der Waals surface area contributed by atoms with Crippen molar-refractivity contribution in [1.82, 2.24) is 14.7 Å². The lowest BCUT2D eigenvalue weighted by Gasteiger charge is -2.43. The van der Waals surface area contributed by atoms with E-state index in [1.165, 1.54) is 51.6 Å². The molecular weight excluding hydrogens is 655 g/mol. The fraction of sp³-hybridized carbons (Fsp3) is 0.344. The molecule has 0 aliphatic carbocycles. The van der Waals surface area contributed by atoms with E-state index in [4.69, 9.17) is 9.47 Å². The summed E-state index contributed by atoms with van der Waals surface area (Å²) < 4.78 is 76.3. The van der Waals surface area contributed by atoms with Crippen molar-refractivity contribution in [2.75, 3.05) is 46.0 Å². The number of nitriles is 1. The molecule has 0 spiro atoms. The summed E-state index contributed by atoms with van der Waals surface area (Å²) in [7, 11) is -0.627. The van der Waals surface area contributed by atoms with Gasteiger partial charge in [-0.25, -0.2) is 22.6 Å². The maximum absolute atomic E-state index is 13.9. The van der Waals surface area contributed by atoms with Gasteiger partial charge in [0.15, 0.2) is 6.04 Å². The molecular formula is C32H31F3N5O7S+. The zero-order valence-electron chi connectivity index (χ0n) is 26.4. The number of benzene rings is 2. The number of guanidine groups is 1. The predicted molar refractivity (Wildman–Crippen MR) is 165 cm³/mol. The molecule has 2 heterocycles. The molecule has 2 aliphatic rings. The van der Waals surface area contributed by atoms with Crippen LogP contribution in [0.5, 0.6) is 0 Å². The van der Waals surface area contributed by atoms with Gasteiger partial charge in [0.05, 0.1) is 48.8 Å². The summed E-state index contributed by atoms with van der Waals surface area (Å²) in [5, 5.41) is 9.61. The van der Waals surface area contributed by atoms with Gasteiger partial charge in [-0.3, -0.25) is 9.69 Å². The number of hydrogen-bond donors (Lipinski definition) is 0. The Kier molecular flexibility index (Phi) is 10.6. The number of alkyl halides is 3. The maximum Gasteiger partial charge on any atom is 0.451 e. The predicted octanol–water partition coefficient (Wildman–Crippen LogP) is 3.37. The minimum Gasteiger partial charge on any atom is -0.465 e. The first-order valence-corrected chi connectivity index (χ1v) is 16.4. The van der Waals surface area contributed by atoms with Crippen LogP contribution < -0.4 is 0 Å². The van der Waals surface area contributed by atoms with Crippen molar-refractivity contribution in [1.29, 1.82) is 5.26 Å². The van der Waals surface area contributed by atoms with Crippen LogP contribution in [-0.2, 0) is 35.1 Å². The fourth-order valence-corrected chi connectivity index (χ4v) is 6.01. The molecule has 0 radical (unpaired) electrons. The standard InChI is InChI=1S/C32H31F3N5O7S/c1-21-27(29(42)46-3)28(26-12-11-22(18-36)16-23(26)8-6-13-37(2)19-47-20-41)40-30(38(31(40)43)14-7-15-48(4,44)45)39(21)25-10-5-9-24(17-25)32(33,34)35/h5,9-12,16-17,20,28H,7,13-15,19H2,1-4H3/q+1. The van der Waals surface area contributed by atoms with Crippen LogP contribution in [0.15, 0.2) is 53.7 Å². The van der Waals surface area contributed by atoms with Crippen LogP contribution in [0, 0.1) is 23.2 Å². The van der Waals surface area contributed by atoms with E-state index in [2.05, 4.69) is 11.8 Å². The topological polar surface area (TPSA) is 140 Å². The molecule has 1 atom stereocenters. The van der Waals surface area contributed by atoms with Crippen LogP contribution in [0.3, 0.4) is 0 Å². The molecule has 2 aromatic rings. The van der Waals surface area contributed by atoms with Crippen molar-refractivity contribution in [3.63, 3.8) is 0 Å². The molecule has 2 amide bonds. The Bertz CT molecular complexity index is 1920. The summed E-state index contributed by atoms with van der Waals surface area (Å²) in [5.74, 6) is 4.85. The average Bonchev–Trinajstić information content (AvgIpc) is 3.04. The summed E-state index contributed by atoms with van der Waals surface area (Å²) >= 11 is 0. The number of hydrogen-bond acceptors (Lipinski definition) is 9. The molecule has 2 aromatic carbocycles. The molecule has 2 aliphatic heterocycles.